The predicted octanol–water partition coefficient (Wildman–Crippen LogP) is 1.01. The molecular formula is C16H16N8O. The van der Waals surface area contributed by atoms with Gasteiger partial charge in [0.2, 0.25) is 0 Å². The summed E-state index contributed by atoms with van der Waals surface area (Å²) in [6, 6.07) is 5.73. The number of aromatic nitrogens is 7. The van der Waals surface area contributed by atoms with Crippen molar-refractivity contribution in [1.29, 1.82) is 0 Å². The Kier molecular flexibility index (Phi) is 4.05. The first-order valence-electron chi connectivity index (χ1n) is 7.82. The zero-order valence-corrected chi connectivity index (χ0v) is 13.3. The van der Waals surface area contributed by atoms with E-state index >= 15 is 0 Å². The summed E-state index contributed by atoms with van der Waals surface area (Å²) in [5, 5.41) is 21.7. The third-order valence-corrected chi connectivity index (χ3v) is 3.78. The number of hydrogen-bond acceptors (Lipinski definition) is 7. The van der Waals surface area contributed by atoms with Crippen molar-refractivity contribution in [1.82, 2.24) is 34.5 Å². The van der Waals surface area contributed by atoms with Gasteiger partial charge in [0, 0.05) is 30.7 Å². The molecule has 0 unspecified atom stereocenters. The van der Waals surface area contributed by atoms with E-state index in [0.717, 1.165) is 16.8 Å². The summed E-state index contributed by atoms with van der Waals surface area (Å²) in [6.45, 7) is 0.929. The highest BCUT2D eigenvalue weighted by Crippen LogP contribution is 2.20. The van der Waals surface area contributed by atoms with Gasteiger partial charge in [0.05, 0.1) is 24.7 Å². The monoisotopic (exact) mass is 336 g/mol. The highest BCUT2D eigenvalue weighted by Gasteiger charge is 2.11. The highest BCUT2D eigenvalue weighted by atomic mass is 16.3. The number of nitrogens with one attached hydrogen (secondary N) is 1. The summed E-state index contributed by atoms with van der Waals surface area (Å²) >= 11 is 0. The van der Waals surface area contributed by atoms with Crippen LogP contribution in [0.5, 0.6) is 0 Å². The molecule has 9 nitrogen and oxygen atoms in total. The zero-order valence-electron chi connectivity index (χ0n) is 13.3. The minimum absolute atomic E-state index is 0.00641. The largest absolute Gasteiger partial charge is 0.394 e. The van der Waals surface area contributed by atoms with Gasteiger partial charge >= 0.3 is 0 Å². The molecule has 0 aromatic carbocycles. The average molecular weight is 336 g/mol. The van der Waals surface area contributed by atoms with Crippen LogP contribution in [-0.4, -0.2) is 46.2 Å². The molecule has 0 bridgehead atoms. The molecule has 0 aliphatic rings. The van der Waals surface area contributed by atoms with E-state index in [9.17, 15) is 0 Å². The SMILES string of the molecule is OCCn1ncc2c(NCc3cccnc3-n3cccn3)ncnc21. The molecule has 25 heavy (non-hydrogen) atoms. The molecule has 0 aliphatic carbocycles. The van der Waals surface area contributed by atoms with Crippen LogP contribution >= 0.6 is 0 Å². The van der Waals surface area contributed by atoms with Gasteiger partial charge in [-0.05, 0) is 12.1 Å². The summed E-state index contributed by atoms with van der Waals surface area (Å²) in [4.78, 5) is 13.0. The molecular weight excluding hydrogens is 320 g/mol. The fourth-order valence-electron chi connectivity index (χ4n) is 2.64. The standard InChI is InChI=1S/C16H16N8O/c25-8-7-24-16-13(10-22-24)14(19-11-20-16)18-9-12-3-1-4-17-15(12)23-6-2-5-21-23/h1-6,10-11,25H,7-9H2,(H,18,19,20). The lowest BCUT2D eigenvalue weighted by molar-refractivity contribution is 0.271. The van der Waals surface area contributed by atoms with Gasteiger partial charge in [0.1, 0.15) is 12.1 Å². The Morgan fingerprint density at radius 3 is 2.88 bits per heavy atom. The molecule has 4 aromatic heterocycles. The van der Waals surface area contributed by atoms with Crippen molar-refractivity contribution in [2.75, 3.05) is 11.9 Å². The Morgan fingerprint density at radius 2 is 2.04 bits per heavy atom. The number of nitrogens with zero attached hydrogens (tertiary/aromatic N) is 7. The van der Waals surface area contributed by atoms with E-state index in [0.29, 0.717) is 24.6 Å². The van der Waals surface area contributed by atoms with Gasteiger partial charge < -0.3 is 10.4 Å². The van der Waals surface area contributed by atoms with Crippen LogP contribution in [0.2, 0.25) is 0 Å². The Labute approximate surface area is 143 Å². The number of aliphatic hydroxyl groups excluding tert-OH is 1. The molecule has 0 spiro atoms. The molecule has 4 aromatic rings. The van der Waals surface area contributed by atoms with E-state index in [1.807, 2.05) is 24.4 Å². The Hall–Kier alpha value is -3.33. The minimum atomic E-state index is 0.00641. The van der Waals surface area contributed by atoms with Crippen molar-refractivity contribution in [3.63, 3.8) is 0 Å². The maximum atomic E-state index is 9.10. The third-order valence-electron chi connectivity index (χ3n) is 3.78. The lowest BCUT2D eigenvalue weighted by Gasteiger charge is -2.10. The van der Waals surface area contributed by atoms with Crippen LogP contribution in [-0.2, 0) is 13.1 Å². The van der Waals surface area contributed by atoms with Crippen LogP contribution < -0.4 is 5.32 Å². The molecule has 126 valence electrons. The molecule has 0 saturated carbocycles. The first kappa shape index (κ1) is 15.2. The number of hydrogen-bond donors (Lipinski definition) is 2. The smallest absolute Gasteiger partial charge is 0.163 e. The van der Waals surface area contributed by atoms with E-state index in [2.05, 4.69) is 30.5 Å². The van der Waals surface area contributed by atoms with E-state index in [1.165, 1.54) is 6.33 Å². The maximum Gasteiger partial charge on any atom is 0.163 e. The van der Waals surface area contributed by atoms with Gasteiger partial charge in [-0.15, -0.1) is 0 Å². The number of aliphatic hydroxyl groups is 1. The third kappa shape index (κ3) is 2.92. The molecule has 4 rings (SSSR count). The molecule has 0 radical (unpaired) electrons. The molecule has 0 aliphatic heterocycles. The van der Waals surface area contributed by atoms with Crippen LogP contribution in [0.25, 0.3) is 16.9 Å². The summed E-state index contributed by atoms with van der Waals surface area (Å²) in [6.07, 6.45) is 8.49. The lowest BCUT2D eigenvalue weighted by atomic mass is 10.2. The lowest BCUT2D eigenvalue weighted by Crippen LogP contribution is -2.09. The van der Waals surface area contributed by atoms with E-state index < -0.39 is 0 Å². The van der Waals surface area contributed by atoms with Gasteiger partial charge in [-0.3, -0.25) is 0 Å². The van der Waals surface area contributed by atoms with Crippen molar-refractivity contribution < 1.29 is 5.11 Å². The fraction of sp³-hybridized carbons (Fsp3) is 0.188. The van der Waals surface area contributed by atoms with Crippen LogP contribution in [0.3, 0.4) is 0 Å². The van der Waals surface area contributed by atoms with Crippen molar-refractivity contribution in [3.8, 4) is 5.82 Å². The molecule has 0 fully saturated rings. The minimum Gasteiger partial charge on any atom is -0.394 e. The topological polar surface area (TPSA) is 107 Å². The maximum absolute atomic E-state index is 9.10. The van der Waals surface area contributed by atoms with Crippen molar-refractivity contribution in [2.24, 2.45) is 0 Å². The quantitative estimate of drug-likeness (QED) is 0.541. The van der Waals surface area contributed by atoms with Gasteiger partial charge in [-0.2, -0.15) is 10.2 Å². The first-order valence-corrected chi connectivity index (χ1v) is 7.82. The predicted molar refractivity (Wildman–Crippen MR) is 91.1 cm³/mol. The van der Waals surface area contributed by atoms with Crippen LogP contribution in [0, 0.1) is 0 Å². The summed E-state index contributed by atoms with van der Waals surface area (Å²) < 4.78 is 3.38. The van der Waals surface area contributed by atoms with Crippen LogP contribution in [0.1, 0.15) is 5.56 Å². The van der Waals surface area contributed by atoms with Crippen LogP contribution in [0.4, 0.5) is 5.82 Å². The van der Waals surface area contributed by atoms with Crippen molar-refractivity contribution in [3.05, 3.63) is 54.9 Å². The fourth-order valence-corrected chi connectivity index (χ4v) is 2.64. The van der Waals surface area contributed by atoms with E-state index in [4.69, 9.17) is 5.11 Å². The Bertz CT molecular complexity index is 979. The Morgan fingerprint density at radius 1 is 1.08 bits per heavy atom. The molecule has 0 amide bonds. The second-order valence-corrected chi connectivity index (χ2v) is 5.34. The first-order chi connectivity index (χ1) is 12.4. The molecule has 4 heterocycles. The number of fused-ring (bicyclic) bond motifs is 1. The summed E-state index contributed by atoms with van der Waals surface area (Å²) in [5.41, 5.74) is 1.67. The number of anilines is 1. The normalized spacial score (nSPS) is 11.1. The van der Waals surface area contributed by atoms with Crippen LogP contribution in [0.15, 0.2) is 49.3 Å². The van der Waals surface area contributed by atoms with E-state index in [1.54, 1.807) is 28.0 Å². The van der Waals surface area contributed by atoms with Gasteiger partial charge in [-0.1, -0.05) is 6.07 Å². The molecule has 2 N–H and O–H groups in total. The second-order valence-electron chi connectivity index (χ2n) is 5.34. The Balaban J connectivity index is 1.62. The number of pyridine rings is 1. The average Bonchev–Trinajstić information content (AvgIpc) is 3.31. The van der Waals surface area contributed by atoms with E-state index in [-0.39, 0.29) is 6.61 Å². The van der Waals surface area contributed by atoms with Crippen molar-refractivity contribution >= 4 is 16.9 Å². The second kappa shape index (κ2) is 6.65. The molecule has 0 atom stereocenters. The summed E-state index contributed by atoms with van der Waals surface area (Å²) in [7, 11) is 0. The van der Waals surface area contributed by atoms with Gasteiger partial charge in [-0.25, -0.2) is 24.3 Å². The summed E-state index contributed by atoms with van der Waals surface area (Å²) in [5.74, 6) is 1.45. The number of rotatable bonds is 6. The van der Waals surface area contributed by atoms with Gasteiger partial charge in [0.25, 0.3) is 0 Å². The highest BCUT2D eigenvalue weighted by molar-refractivity contribution is 5.86. The molecule has 9 heteroatoms. The zero-order chi connectivity index (χ0) is 17.1. The van der Waals surface area contributed by atoms with Crippen molar-refractivity contribution in [2.45, 2.75) is 13.1 Å². The van der Waals surface area contributed by atoms with Gasteiger partial charge in [0.15, 0.2) is 11.5 Å². The molecule has 0 saturated heterocycles.